The molecule has 0 bridgehead atoms. The van der Waals surface area contributed by atoms with Gasteiger partial charge in [-0.3, -0.25) is 0 Å². The van der Waals surface area contributed by atoms with Crippen molar-refractivity contribution >= 4 is 27.3 Å². The van der Waals surface area contributed by atoms with E-state index in [0.717, 1.165) is 19.4 Å². The average Bonchev–Trinajstić information content (AvgIpc) is 2.77. The summed E-state index contributed by atoms with van der Waals surface area (Å²) in [5.41, 5.74) is 8.59. The van der Waals surface area contributed by atoms with Crippen LogP contribution in [-0.4, -0.2) is 6.54 Å². The molecule has 0 radical (unpaired) electrons. The topological polar surface area (TPSA) is 26.0 Å². The van der Waals surface area contributed by atoms with Crippen molar-refractivity contribution in [3.8, 4) is 0 Å². The van der Waals surface area contributed by atoms with E-state index in [0.29, 0.717) is 5.92 Å². The predicted molar refractivity (Wildman–Crippen MR) is 83.2 cm³/mol. The fraction of sp³-hybridized carbons (Fsp3) is 0.333. The minimum Gasteiger partial charge on any atom is -0.330 e. The molecule has 1 aromatic heterocycles. The van der Waals surface area contributed by atoms with Gasteiger partial charge >= 0.3 is 0 Å². The van der Waals surface area contributed by atoms with Crippen LogP contribution in [0.15, 0.2) is 40.2 Å². The number of nitrogens with two attached hydrogens (primary N) is 1. The predicted octanol–water partition coefficient (Wildman–Crippen LogP) is 4.18. The molecule has 1 unspecified atom stereocenters. The van der Waals surface area contributed by atoms with Crippen LogP contribution < -0.4 is 5.73 Å². The number of aryl methyl sites for hydroxylation is 1. The number of halogens is 1. The number of hydrogen-bond acceptors (Lipinski definition) is 2. The maximum Gasteiger partial charge on any atom is 0.0701 e. The van der Waals surface area contributed by atoms with E-state index in [1.54, 1.807) is 11.3 Å². The van der Waals surface area contributed by atoms with Crippen LogP contribution in [0.5, 0.6) is 0 Å². The van der Waals surface area contributed by atoms with Crippen molar-refractivity contribution in [2.24, 2.45) is 11.7 Å². The Hall–Kier alpha value is -0.640. The Morgan fingerprint density at radius 1 is 1.11 bits per heavy atom. The lowest BCUT2D eigenvalue weighted by atomic mass is 9.95. The average molecular weight is 324 g/mol. The third kappa shape index (κ3) is 3.94. The molecular formula is C15H18BrNS. The molecule has 2 N–H and O–H groups in total. The van der Waals surface area contributed by atoms with Gasteiger partial charge in [-0.25, -0.2) is 0 Å². The van der Waals surface area contributed by atoms with Gasteiger partial charge in [-0.2, -0.15) is 0 Å². The van der Waals surface area contributed by atoms with Gasteiger partial charge in [0.15, 0.2) is 0 Å². The van der Waals surface area contributed by atoms with Crippen LogP contribution in [-0.2, 0) is 12.8 Å². The highest BCUT2D eigenvalue weighted by molar-refractivity contribution is 9.11. The lowest BCUT2D eigenvalue weighted by Gasteiger charge is -2.13. The molecule has 1 atom stereocenters. The van der Waals surface area contributed by atoms with Crippen LogP contribution in [0.2, 0.25) is 0 Å². The van der Waals surface area contributed by atoms with Gasteiger partial charge in [0.2, 0.25) is 0 Å². The van der Waals surface area contributed by atoms with Crippen molar-refractivity contribution in [2.75, 3.05) is 6.54 Å². The Bertz CT molecular complexity index is 489. The Morgan fingerprint density at radius 3 is 2.39 bits per heavy atom. The zero-order valence-electron chi connectivity index (χ0n) is 10.5. The highest BCUT2D eigenvalue weighted by Gasteiger charge is 2.10. The van der Waals surface area contributed by atoms with Gasteiger partial charge < -0.3 is 5.73 Å². The molecule has 0 aliphatic carbocycles. The third-order valence-electron chi connectivity index (χ3n) is 3.10. The summed E-state index contributed by atoms with van der Waals surface area (Å²) >= 11 is 5.31. The van der Waals surface area contributed by atoms with Crippen LogP contribution in [0.1, 0.15) is 16.0 Å². The van der Waals surface area contributed by atoms with Gasteiger partial charge in [0.1, 0.15) is 0 Å². The Labute approximate surface area is 121 Å². The summed E-state index contributed by atoms with van der Waals surface area (Å²) in [6.45, 7) is 2.86. The molecule has 2 aromatic rings. The standard InChI is InChI=1S/C15H18BrNS/c1-11-2-4-12(5-3-11)8-13(10-17)9-14-6-7-15(16)18-14/h2-7,13H,8-10,17H2,1H3. The summed E-state index contributed by atoms with van der Waals surface area (Å²) < 4.78 is 1.20. The van der Waals surface area contributed by atoms with Crippen LogP contribution in [0.3, 0.4) is 0 Å². The lowest BCUT2D eigenvalue weighted by molar-refractivity contribution is 0.537. The quantitative estimate of drug-likeness (QED) is 0.877. The molecule has 0 aliphatic rings. The van der Waals surface area contributed by atoms with Crippen LogP contribution in [0, 0.1) is 12.8 Å². The molecule has 0 saturated heterocycles. The lowest BCUT2D eigenvalue weighted by Crippen LogP contribution is -2.18. The molecule has 0 amide bonds. The van der Waals surface area contributed by atoms with Crippen molar-refractivity contribution in [2.45, 2.75) is 19.8 Å². The summed E-state index contributed by atoms with van der Waals surface area (Å²) in [6, 6.07) is 13.1. The van der Waals surface area contributed by atoms with Crippen LogP contribution in [0.4, 0.5) is 0 Å². The first kappa shape index (κ1) is 13.8. The Kier molecular flexibility index (Phi) is 4.98. The van der Waals surface area contributed by atoms with E-state index in [1.807, 2.05) is 0 Å². The minimum atomic E-state index is 0.526. The molecule has 0 spiro atoms. The fourth-order valence-corrected chi connectivity index (χ4v) is 3.64. The van der Waals surface area contributed by atoms with Crippen molar-refractivity contribution < 1.29 is 0 Å². The first-order chi connectivity index (χ1) is 8.67. The second-order valence-electron chi connectivity index (χ2n) is 4.70. The van der Waals surface area contributed by atoms with Crippen LogP contribution >= 0.6 is 27.3 Å². The summed E-state index contributed by atoms with van der Waals surface area (Å²) in [5, 5.41) is 0. The van der Waals surface area contributed by atoms with E-state index in [4.69, 9.17) is 5.73 Å². The zero-order valence-corrected chi connectivity index (χ0v) is 12.9. The second-order valence-corrected chi connectivity index (χ2v) is 7.25. The van der Waals surface area contributed by atoms with Crippen molar-refractivity contribution in [1.29, 1.82) is 0 Å². The summed E-state index contributed by atoms with van der Waals surface area (Å²) in [5.74, 6) is 0.526. The van der Waals surface area contributed by atoms with Gasteiger partial charge in [0.25, 0.3) is 0 Å². The minimum absolute atomic E-state index is 0.526. The van der Waals surface area contributed by atoms with E-state index in [2.05, 4.69) is 59.3 Å². The summed E-state index contributed by atoms with van der Waals surface area (Å²) in [4.78, 5) is 1.41. The van der Waals surface area contributed by atoms with Gasteiger partial charge in [-0.1, -0.05) is 29.8 Å². The molecule has 2 rings (SSSR count). The maximum absolute atomic E-state index is 5.90. The van der Waals surface area contributed by atoms with E-state index < -0.39 is 0 Å². The maximum atomic E-state index is 5.90. The van der Waals surface area contributed by atoms with E-state index in [9.17, 15) is 0 Å². The highest BCUT2D eigenvalue weighted by atomic mass is 79.9. The smallest absolute Gasteiger partial charge is 0.0701 e. The largest absolute Gasteiger partial charge is 0.330 e. The highest BCUT2D eigenvalue weighted by Crippen LogP contribution is 2.25. The van der Waals surface area contributed by atoms with E-state index in [1.165, 1.54) is 19.8 Å². The molecule has 1 heterocycles. The molecule has 3 heteroatoms. The normalized spacial score (nSPS) is 12.6. The molecule has 96 valence electrons. The molecular weight excluding hydrogens is 306 g/mol. The van der Waals surface area contributed by atoms with Crippen molar-refractivity contribution in [3.05, 3.63) is 56.2 Å². The first-order valence-corrected chi connectivity index (χ1v) is 7.78. The van der Waals surface area contributed by atoms with Crippen molar-refractivity contribution in [1.82, 2.24) is 0 Å². The monoisotopic (exact) mass is 323 g/mol. The number of thiophene rings is 1. The van der Waals surface area contributed by atoms with Gasteiger partial charge in [0.05, 0.1) is 3.79 Å². The van der Waals surface area contributed by atoms with Crippen molar-refractivity contribution in [3.63, 3.8) is 0 Å². The van der Waals surface area contributed by atoms with Gasteiger partial charge in [-0.05, 0) is 65.9 Å². The molecule has 0 saturated carbocycles. The second kappa shape index (κ2) is 6.50. The summed E-state index contributed by atoms with van der Waals surface area (Å²) in [6.07, 6.45) is 2.13. The Morgan fingerprint density at radius 2 is 1.83 bits per heavy atom. The van der Waals surface area contributed by atoms with E-state index >= 15 is 0 Å². The molecule has 0 aliphatic heterocycles. The zero-order chi connectivity index (χ0) is 13.0. The van der Waals surface area contributed by atoms with Gasteiger partial charge in [0, 0.05) is 4.88 Å². The number of benzene rings is 1. The van der Waals surface area contributed by atoms with Crippen LogP contribution in [0.25, 0.3) is 0 Å². The fourth-order valence-electron chi connectivity index (χ4n) is 2.04. The Balaban J connectivity index is 1.99. The summed E-state index contributed by atoms with van der Waals surface area (Å²) in [7, 11) is 0. The number of rotatable bonds is 5. The number of hydrogen-bond donors (Lipinski definition) is 1. The molecule has 0 fully saturated rings. The third-order valence-corrected chi connectivity index (χ3v) is 4.74. The molecule has 18 heavy (non-hydrogen) atoms. The molecule has 1 aromatic carbocycles. The van der Waals surface area contributed by atoms with E-state index in [-0.39, 0.29) is 0 Å². The van der Waals surface area contributed by atoms with Gasteiger partial charge in [-0.15, -0.1) is 11.3 Å². The molecule has 1 nitrogen and oxygen atoms in total. The first-order valence-electron chi connectivity index (χ1n) is 6.17. The SMILES string of the molecule is Cc1ccc(CC(CN)Cc2ccc(Br)s2)cc1.